The molecule has 4 rings (SSSR count). The summed E-state index contributed by atoms with van der Waals surface area (Å²) in [5, 5.41) is 5.23. The number of allylic oxidation sites excluding steroid dienone is 3. The van der Waals surface area contributed by atoms with Gasteiger partial charge in [0, 0.05) is 5.56 Å². The average Bonchev–Trinajstić information content (AvgIpc) is 3.47. The van der Waals surface area contributed by atoms with Crippen molar-refractivity contribution in [1.29, 1.82) is 0 Å². The second-order valence-electron chi connectivity index (χ2n) is 8.22. The maximum Gasteiger partial charge on any atom is 0.346 e. The molecule has 1 heterocycles. The Morgan fingerprint density at radius 1 is 1.22 bits per heavy atom. The van der Waals surface area contributed by atoms with E-state index in [0.29, 0.717) is 23.5 Å². The van der Waals surface area contributed by atoms with Gasteiger partial charge in [-0.25, -0.2) is 4.79 Å². The van der Waals surface area contributed by atoms with E-state index in [1.807, 2.05) is 12.2 Å². The molecule has 2 bridgehead atoms. The van der Waals surface area contributed by atoms with E-state index in [4.69, 9.17) is 14.2 Å². The highest BCUT2D eigenvalue weighted by Crippen LogP contribution is 2.52. The lowest BCUT2D eigenvalue weighted by Crippen LogP contribution is -2.28. The van der Waals surface area contributed by atoms with E-state index in [-0.39, 0.29) is 35.5 Å². The molecule has 3 aliphatic rings. The Hall–Kier alpha value is -3.42. The molecule has 1 saturated carbocycles. The molecular formula is C24H26N2O6. The molecule has 0 aromatic heterocycles. The standard InChI is InChI=1S/C24H26N2O6/c1-5-6-17-9-14(10-18(30-3)21(17)32-13(2)24(29)31-4)12-25-26-22(27)19-15-7-8-16(11-15)20(19)23(26)28/h5,7-10,12-13,15-16,19-20H,1,6,11H2,2-4H3/t13-,15-,16-,19-,20+/m0/s1. The van der Waals surface area contributed by atoms with Gasteiger partial charge in [0.1, 0.15) is 0 Å². The summed E-state index contributed by atoms with van der Waals surface area (Å²) < 4.78 is 16.0. The Bertz CT molecular complexity index is 1000. The van der Waals surface area contributed by atoms with E-state index in [1.165, 1.54) is 20.4 Å². The molecule has 168 valence electrons. The zero-order valence-electron chi connectivity index (χ0n) is 18.3. The number of nitrogens with zero attached hydrogens (tertiary/aromatic N) is 2. The quantitative estimate of drug-likeness (QED) is 0.268. The van der Waals surface area contributed by atoms with Gasteiger partial charge < -0.3 is 14.2 Å². The molecule has 1 aromatic carbocycles. The van der Waals surface area contributed by atoms with E-state index in [1.54, 1.807) is 25.1 Å². The molecule has 8 heteroatoms. The van der Waals surface area contributed by atoms with Gasteiger partial charge in [0.25, 0.3) is 11.8 Å². The molecule has 2 fully saturated rings. The van der Waals surface area contributed by atoms with Gasteiger partial charge in [-0.05, 0) is 49.3 Å². The van der Waals surface area contributed by atoms with Crippen LogP contribution >= 0.6 is 0 Å². The van der Waals surface area contributed by atoms with Crippen molar-refractivity contribution >= 4 is 24.0 Å². The fraction of sp³-hybridized carbons (Fsp3) is 0.417. The Morgan fingerprint density at radius 3 is 2.44 bits per heavy atom. The second kappa shape index (κ2) is 8.61. The van der Waals surface area contributed by atoms with Crippen LogP contribution in [0, 0.1) is 23.7 Å². The Labute approximate surface area is 186 Å². The number of fused-ring (bicyclic) bond motifs is 5. The van der Waals surface area contributed by atoms with Crippen LogP contribution in [0.3, 0.4) is 0 Å². The van der Waals surface area contributed by atoms with Gasteiger partial charge in [0.05, 0.1) is 32.3 Å². The number of esters is 1. The zero-order valence-corrected chi connectivity index (χ0v) is 18.3. The predicted octanol–water partition coefficient (Wildman–Crippen LogP) is 2.51. The largest absolute Gasteiger partial charge is 0.493 e. The van der Waals surface area contributed by atoms with Crippen molar-refractivity contribution in [2.24, 2.45) is 28.8 Å². The van der Waals surface area contributed by atoms with E-state index in [2.05, 4.69) is 11.7 Å². The fourth-order valence-electron chi connectivity index (χ4n) is 4.87. The number of imide groups is 1. The molecule has 0 N–H and O–H groups in total. The fourth-order valence-corrected chi connectivity index (χ4v) is 4.87. The normalized spacial score (nSPS) is 26.5. The molecule has 5 atom stereocenters. The van der Waals surface area contributed by atoms with Crippen molar-refractivity contribution in [2.45, 2.75) is 25.9 Å². The number of benzene rings is 1. The van der Waals surface area contributed by atoms with Gasteiger partial charge >= 0.3 is 5.97 Å². The molecule has 0 unspecified atom stereocenters. The van der Waals surface area contributed by atoms with Gasteiger partial charge in [-0.1, -0.05) is 18.2 Å². The first-order chi connectivity index (χ1) is 15.4. The number of methoxy groups -OCH3 is 2. The van der Waals surface area contributed by atoms with Crippen LogP contribution in [-0.2, 0) is 25.5 Å². The van der Waals surface area contributed by atoms with Gasteiger partial charge in [0.2, 0.25) is 0 Å². The first-order valence-corrected chi connectivity index (χ1v) is 10.6. The molecule has 2 amide bonds. The number of hydrazone groups is 1. The first kappa shape index (κ1) is 21.8. The number of ether oxygens (including phenoxy) is 3. The van der Waals surface area contributed by atoms with Crippen LogP contribution in [0.25, 0.3) is 0 Å². The van der Waals surface area contributed by atoms with Crippen molar-refractivity contribution in [3.05, 3.63) is 48.1 Å². The maximum atomic E-state index is 12.8. The summed E-state index contributed by atoms with van der Waals surface area (Å²) in [6, 6.07) is 3.47. The lowest BCUT2D eigenvalue weighted by atomic mass is 9.85. The zero-order chi connectivity index (χ0) is 23.0. The lowest BCUT2D eigenvalue weighted by Gasteiger charge is -2.19. The summed E-state index contributed by atoms with van der Waals surface area (Å²) in [6.45, 7) is 5.35. The molecule has 1 saturated heterocycles. The number of amides is 2. The van der Waals surface area contributed by atoms with Gasteiger partial charge in [0.15, 0.2) is 17.6 Å². The predicted molar refractivity (Wildman–Crippen MR) is 116 cm³/mol. The number of carbonyl (C=O) groups excluding carboxylic acids is 3. The number of rotatable bonds is 8. The summed E-state index contributed by atoms with van der Waals surface area (Å²) in [7, 11) is 2.78. The lowest BCUT2D eigenvalue weighted by molar-refractivity contribution is -0.148. The summed E-state index contributed by atoms with van der Waals surface area (Å²) in [5.41, 5.74) is 1.34. The highest BCUT2D eigenvalue weighted by atomic mass is 16.6. The number of carbonyl (C=O) groups is 3. The summed E-state index contributed by atoms with van der Waals surface area (Å²) >= 11 is 0. The third-order valence-electron chi connectivity index (χ3n) is 6.34. The van der Waals surface area contributed by atoms with Crippen LogP contribution in [0.4, 0.5) is 0 Å². The van der Waals surface area contributed by atoms with E-state index in [9.17, 15) is 14.4 Å². The average molecular weight is 438 g/mol. The molecular weight excluding hydrogens is 412 g/mol. The molecule has 1 aromatic rings. The Balaban J connectivity index is 1.60. The van der Waals surface area contributed by atoms with Crippen LogP contribution in [0.15, 0.2) is 42.0 Å². The minimum absolute atomic E-state index is 0.133. The summed E-state index contributed by atoms with van der Waals surface area (Å²) in [6.07, 6.45) is 7.74. The maximum absolute atomic E-state index is 12.8. The highest BCUT2D eigenvalue weighted by Gasteiger charge is 2.59. The highest BCUT2D eigenvalue weighted by molar-refractivity contribution is 6.06. The van der Waals surface area contributed by atoms with Crippen molar-refractivity contribution in [3.63, 3.8) is 0 Å². The topological polar surface area (TPSA) is 94.5 Å². The van der Waals surface area contributed by atoms with Crippen molar-refractivity contribution < 1.29 is 28.6 Å². The third kappa shape index (κ3) is 3.59. The molecule has 8 nitrogen and oxygen atoms in total. The third-order valence-corrected chi connectivity index (χ3v) is 6.34. The van der Waals surface area contributed by atoms with Crippen LogP contribution in [0.5, 0.6) is 11.5 Å². The minimum atomic E-state index is -0.833. The van der Waals surface area contributed by atoms with Gasteiger partial charge in [-0.3, -0.25) is 9.59 Å². The SMILES string of the molecule is C=CCc1cc(C=NN2C(=O)[C@@H]3[C@H](C2=O)[C@H]2C=C[C@H]3C2)cc(OC)c1O[C@@H](C)C(=O)OC. The second-order valence-corrected chi connectivity index (χ2v) is 8.22. The van der Waals surface area contributed by atoms with Crippen LogP contribution in [0.2, 0.25) is 0 Å². The monoisotopic (exact) mass is 438 g/mol. The van der Waals surface area contributed by atoms with Crippen molar-refractivity contribution in [2.75, 3.05) is 14.2 Å². The Morgan fingerprint density at radius 2 is 1.88 bits per heavy atom. The van der Waals surface area contributed by atoms with Crippen LogP contribution < -0.4 is 9.47 Å². The smallest absolute Gasteiger partial charge is 0.346 e. The van der Waals surface area contributed by atoms with E-state index < -0.39 is 12.1 Å². The molecule has 32 heavy (non-hydrogen) atoms. The van der Waals surface area contributed by atoms with Gasteiger partial charge in [-0.2, -0.15) is 10.1 Å². The van der Waals surface area contributed by atoms with E-state index >= 15 is 0 Å². The summed E-state index contributed by atoms with van der Waals surface area (Å²) in [4.78, 5) is 37.4. The number of hydrogen-bond donors (Lipinski definition) is 0. The summed E-state index contributed by atoms with van der Waals surface area (Å²) in [5.74, 6) is -0.526. The van der Waals surface area contributed by atoms with Crippen molar-refractivity contribution in [1.82, 2.24) is 5.01 Å². The molecule has 0 radical (unpaired) electrons. The number of hydrogen-bond acceptors (Lipinski definition) is 7. The van der Waals surface area contributed by atoms with E-state index in [0.717, 1.165) is 17.0 Å². The Kier molecular flexibility index (Phi) is 5.86. The van der Waals surface area contributed by atoms with Crippen LogP contribution in [-0.4, -0.2) is 49.3 Å². The molecule has 0 spiro atoms. The van der Waals surface area contributed by atoms with Crippen molar-refractivity contribution in [3.8, 4) is 11.5 Å². The van der Waals surface area contributed by atoms with Gasteiger partial charge in [-0.15, -0.1) is 6.58 Å². The van der Waals surface area contributed by atoms with Crippen LogP contribution in [0.1, 0.15) is 24.5 Å². The molecule has 1 aliphatic heterocycles. The molecule has 2 aliphatic carbocycles. The first-order valence-electron chi connectivity index (χ1n) is 10.6. The minimum Gasteiger partial charge on any atom is -0.493 e.